The van der Waals surface area contributed by atoms with Gasteiger partial charge in [0, 0.05) is 36.2 Å². The third-order valence-corrected chi connectivity index (χ3v) is 4.97. The van der Waals surface area contributed by atoms with Gasteiger partial charge in [-0.3, -0.25) is 14.4 Å². The van der Waals surface area contributed by atoms with Gasteiger partial charge in [-0.15, -0.1) is 0 Å². The second-order valence-electron chi connectivity index (χ2n) is 7.14. The van der Waals surface area contributed by atoms with Gasteiger partial charge in [0.05, 0.1) is 0 Å². The highest BCUT2D eigenvalue weighted by molar-refractivity contribution is 6.31. The zero-order valence-corrected chi connectivity index (χ0v) is 18.3. The summed E-state index contributed by atoms with van der Waals surface area (Å²) in [6.45, 7) is 1.58. The Balaban J connectivity index is 1.53. The minimum Gasteiger partial charge on any atom is -0.427 e. The molecule has 2 amide bonds. The van der Waals surface area contributed by atoms with E-state index in [9.17, 15) is 14.4 Å². The molecule has 3 aromatic rings. The lowest BCUT2D eigenvalue weighted by atomic mass is 10.1. The minimum absolute atomic E-state index is 0.117. The van der Waals surface area contributed by atoms with Crippen LogP contribution in [0.2, 0.25) is 5.02 Å². The Hall–Kier alpha value is -3.64. The quantitative estimate of drug-likeness (QED) is 0.382. The highest BCUT2D eigenvalue weighted by Crippen LogP contribution is 2.18. The van der Waals surface area contributed by atoms with E-state index in [0.29, 0.717) is 34.9 Å². The van der Waals surface area contributed by atoms with E-state index in [1.165, 1.54) is 13.0 Å². The zero-order valence-electron chi connectivity index (χ0n) is 17.6. The highest BCUT2D eigenvalue weighted by atomic mass is 35.5. The number of ether oxygens (including phenoxy) is 1. The van der Waals surface area contributed by atoms with E-state index in [1.54, 1.807) is 30.3 Å². The molecule has 0 aromatic heterocycles. The van der Waals surface area contributed by atoms with Crippen molar-refractivity contribution in [3.63, 3.8) is 0 Å². The Labute approximate surface area is 191 Å². The number of hydrogen-bond donors (Lipinski definition) is 2. The monoisotopic (exact) mass is 450 g/mol. The molecule has 3 rings (SSSR count). The summed E-state index contributed by atoms with van der Waals surface area (Å²) in [5.41, 5.74) is 2.79. The van der Waals surface area contributed by atoms with E-state index < -0.39 is 5.97 Å². The van der Waals surface area contributed by atoms with E-state index in [4.69, 9.17) is 16.3 Å². The molecule has 0 spiro atoms. The van der Waals surface area contributed by atoms with Crippen LogP contribution in [0.25, 0.3) is 0 Å². The molecule has 0 saturated heterocycles. The molecule has 0 aliphatic rings. The molecule has 6 nitrogen and oxygen atoms in total. The summed E-state index contributed by atoms with van der Waals surface area (Å²) in [5.74, 6) is -0.554. The van der Waals surface area contributed by atoms with Crippen LogP contribution in [0.4, 0.5) is 5.69 Å². The van der Waals surface area contributed by atoms with Gasteiger partial charge >= 0.3 is 5.97 Å². The van der Waals surface area contributed by atoms with Crippen molar-refractivity contribution in [2.24, 2.45) is 0 Å². The van der Waals surface area contributed by atoms with Crippen molar-refractivity contribution < 1.29 is 19.1 Å². The van der Waals surface area contributed by atoms with Crippen molar-refractivity contribution in [1.29, 1.82) is 0 Å². The zero-order chi connectivity index (χ0) is 22.9. The molecule has 0 atom stereocenters. The lowest BCUT2D eigenvalue weighted by molar-refractivity contribution is -0.131. The summed E-state index contributed by atoms with van der Waals surface area (Å²) in [6, 6.07) is 21.1. The fourth-order valence-corrected chi connectivity index (χ4v) is 3.31. The maximum atomic E-state index is 12.4. The molecule has 164 valence electrons. The van der Waals surface area contributed by atoms with Crippen molar-refractivity contribution in [2.75, 3.05) is 5.32 Å². The molecule has 7 heteroatoms. The summed E-state index contributed by atoms with van der Waals surface area (Å²) in [6.07, 6.45) is 0.858. The maximum absolute atomic E-state index is 12.4. The molecule has 0 aliphatic carbocycles. The Bertz CT molecular complexity index is 1130. The van der Waals surface area contributed by atoms with Crippen molar-refractivity contribution in [3.8, 4) is 5.75 Å². The van der Waals surface area contributed by atoms with Gasteiger partial charge in [0.15, 0.2) is 0 Å². The number of carbonyl (C=O) groups is 3. The smallest absolute Gasteiger partial charge is 0.308 e. The second kappa shape index (κ2) is 11.1. The molecule has 3 aromatic carbocycles. The molecule has 0 aliphatic heterocycles. The van der Waals surface area contributed by atoms with Crippen molar-refractivity contribution >= 4 is 35.1 Å². The lowest BCUT2D eigenvalue weighted by Gasteiger charge is -2.10. The van der Waals surface area contributed by atoms with Gasteiger partial charge in [-0.2, -0.15) is 0 Å². The first-order valence-electron chi connectivity index (χ1n) is 10.1. The first-order chi connectivity index (χ1) is 15.4. The normalized spacial score (nSPS) is 10.3. The van der Waals surface area contributed by atoms with Crippen LogP contribution in [-0.4, -0.2) is 17.8 Å². The number of benzene rings is 3. The summed E-state index contributed by atoms with van der Waals surface area (Å²) in [7, 11) is 0. The van der Waals surface area contributed by atoms with Crippen molar-refractivity contribution in [1.82, 2.24) is 5.32 Å². The number of carbonyl (C=O) groups excluding carboxylic acids is 3. The summed E-state index contributed by atoms with van der Waals surface area (Å²) in [4.78, 5) is 35.8. The number of rotatable bonds is 8. The molecular weight excluding hydrogens is 428 g/mol. The SMILES string of the molecule is CC(=O)Oc1cccc(C(=O)NCc2cccc(NC(=O)CCc3ccccc3Cl)c2)c1. The van der Waals surface area contributed by atoms with E-state index >= 15 is 0 Å². The first-order valence-corrected chi connectivity index (χ1v) is 10.5. The fourth-order valence-electron chi connectivity index (χ4n) is 3.08. The Kier molecular flexibility index (Phi) is 8.00. The highest BCUT2D eigenvalue weighted by Gasteiger charge is 2.09. The molecule has 0 bridgehead atoms. The lowest BCUT2D eigenvalue weighted by Crippen LogP contribution is -2.23. The Morgan fingerprint density at radius 2 is 1.72 bits per heavy atom. The first kappa shape index (κ1) is 23.0. The van der Waals surface area contributed by atoms with E-state index in [-0.39, 0.29) is 18.4 Å². The molecule has 32 heavy (non-hydrogen) atoms. The van der Waals surface area contributed by atoms with Gasteiger partial charge in [0.25, 0.3) is 5.91 Å². The van der Waals surface area contributed by atoms with Crippen LogP contribution in [0.1, 0.15) is 34.8 Å². The van der Waals surface area contributed by atoms with Gasteiger partial charge in [0.2, 0.25) is 5.91 Å². The number of anilines is 1. The van der Waals surface area contributed by atoms with Gasteiger partial charge in [-0.1, -0.05) is 48.0 Å². The van der Waals surface area contributed by atoms with E-state index in [1.807, 2.05) is 36.4 Å². The number of aryl methyl sites for hydroxylation is 1. The standard InChI is InChI=1S/C25H23ClN2O4/c1-17(29)32-22-10-5-8-20(15-22)25(31)27-16-18-6-4-9-21(14-18)28-24(30)13-12-19-7-2-3-11-23(19)26/h2-11,14-15H,12-13,16H2,1H3,(H,27,31)(H,28,30). The third-order valence-electron chi connectivity index (χ3n) is 4.60. The topological polar surface area (TPSA) is 84.5 Å². The number of halogens is 1. The third kappa shape index (κ3) is 6.96. The number of hydrogen-bond acceptors (Lipinski definition) is 4. The summed E-state index contributed by atoms with van der Waals surface area (Å²) < 4.78 is 5.01. The van der Waals surface area contributed by atoms with Crippen molar-refractivity contribution in [3.05, 3.63) is 94.5 Å². The average molecular weight is 451 g/mol. The number of esters is 1. The molecule has 0 unspecified atom stereocenters. The summed E-state index contributed by atoms with van der Waals surface area (Å²) >= 11 is 6.14. The van der Waals surface area contributed by atoms with Crippen LogP contribution in [-0.2, 0) is 22.6 Å². The summed E-state index contributed by atoms with van der Waals surface area (Å²) in [5, 5.41) is 6.35. The van der Waals surface area contributed by atoms with Crippen LogP contribution < -0.4 is 15.4 Å². The molecule has 0 fully saturated rings. The van der Waals surface area contributed by atoms with Gasteiger partial charge in [-0.25, -0.2) is 0 Å². The molecular formula is C25H23ClN2O4. The average Bonchev–Trinajstić information content (AvgIpc) is 2.77. The van der Waals surface area contributed by atoms with Crippen LogP contribution in [0.5, 0.6) is 5.75 Å². The molecule has 0 saturated carbocycles. The van der Waals surface area contributed by atoms with Crippen LogP contribution in [0, 0.1) is 0 Å². The molecule has 2 N–H and O–H groups in total. The fraction of sp³-hybridized carbons (Fsp3) is 0.160. The van der Waals surface area contributed by atoms with Crippen LogP contribution in [0.15, 0.2) is 72.8 Å². The Morgan fingerprint density at radius 1 is 0.938 bits per heavy atom. The molecule has 0 heterocycles. The van der Waals surface area contributed by atoms with Gasteiger partial charge in [-0.05, 0) is 53.9 Å². The van der Waals surface area contributed by atoms with E-state index in [0.717, 1.165) is 11.1 Å². The minimum atomic E-state index is -0.451. The van der Waals surface area contributed by atoms with Gasteiger partial charge < -0.3 is 15.4 Å². The number of amides is 2. The second-order valence-corrected chi connectivity index (χ2v) is 7.55. The maximum Gasteiger partial charge on any atom is 0.308 e. The predicted octanol–water partition coefficient (Wildman–Crippen LogP) is 4.77. The molecule has 0 radical (unpaired) electrons. The largest absolute Gasteiger partial charge is 0.427 e. The number of nitrogens with one attached hydrogen (secondary N) is 2. The Morgan fingerprint density at radius 3 is 2.50 bits per heavy atom. The van der Waals surface area contributed by atoms with E-state index in [2.05, 4.69) is 10.6 Å². The van der Waals surface area contributed by atoms with Crippen LogP contribution in [0.3, 0.4) is 0 Å². The van der Waals surface area contributed by atoms with Crippen molar-refractivity contribution in [2.45, 2.75) is 26.3 Å². The predicted molar refractivity (Wildman–Crippen MR) is 124 cm³/mol. The van der Waals surface area contributed by atoms with Gasteiger partial charge in [0.1, 0.15) is 5.75 Å². The van der Waals surface area contributed by atoms with Crippen LogP contribution >= 0.6 is 11.6 Å².